The number of rotatable bonds is 4. The van der Waals surface area contributed by atoms with Crippen LogP contribution in [-0.2, 0) is 16.8 Å². The summed E-state index contributed by atoms with van der Waals surface area (Å²) in [4.78, 5) is 3.78. The molecule has 0 saturated carbocycles. The summed E-state index contributed by atoms with van der Waals surface area (Å²) in [7, 11) is -4.42. The van der Waals surface area contributed by atoms with Gasteiger partial charge in [0.25, 0.3) is 0 Å². The molecule has 149 valence electrons. The third-order valence-electron chi connectivity index (χ3n) is 1.91. The van der Waals surface area contributed by atoms with Gasteiger partial charge in [-0.1, -0.05) is 118 Å². The van der Waals surface area contributed by atoms with E-state index in [-0.39, 0.29) is 16.8 Å². The zero-order chi connectivity index (χ0) is 19.7. The van der Waals surface area contributed by atoms with Crippen LogP contribution in [0.1, 0.15) is 0 Å². The van der Waals surface area contributed by atoms with Crippen LogP contribution in [0.4, 0.5) is 0 Å². The molecule has 0 unspecified atom stereocenters. The minimum Gasteiger partial charge on any atom is -0.668 e. The Morgan fingerprint density at radius 2 is 0.720 bits per heavy atom. The third kappa shape index (κ3) is 36.2. The van der Waals surface area contributed by atoms with Crippen molar-refractivity contribution < 1.29 is 16.8 Å². The van der Waals surface area contributed by atoms with Gasteiger partial charge in [0.2, 0.25) is 0 Å². The molecule has 0 atom stereocenters. The number of hydrogen-bond donors (Lipinski definition) is 0. The molecule has 0 saturated heterocycles. The van der Waals surface area contributed by atoms with Crippen LogP contribution in [0.25, 0.3) is 9.30 Å². The van der Waals surface area contributed by atoms with E-state index >= 15 is 0 Å². The van der Waals surface area contributed by atoms with Gasteiger partial charge in [0, 0.05) is 12.4 Å². The predicted molar refractivity (Wildman–Crippen MR) is 124 cm³/mol. The number of nitrogens with zero attached hydrogens (tertiary/aromatic N) is 3. The summed E-state index contributed by atoms with van der Waals surface area (Å²) in [6.07, 6.45) is 3.50. The van der Waals surface area contributed by atoms with Crippen molar-refractivity contribution in [3.05, 3.63) is 39.9 Å². The van der Waals surface area contributed by atoms with E-state index in [0.29, 0.717) is 0 Å². The molecule has 3 nitrogen and oxygen atoms in total. The molecule has 0 N–H and O–H groups in total. The summed E-state index contributed by atoms with van der Waals surface area (Å²) >= 11 is 0. The second-order valence-electron chi connectivity index (χ2n) is 9.93. The first-order valence-electron chi connectivity index (χ1n) is 8.74. The van der Waals surface area contributed by atoms with Crippen LogP contribution in [0.3, 0.4) is 0 Å². The largest absolute Gasteiger partial charge is 2.00 e. The molecule has 1 radical (unpaired) electrons. The Kier molecular flexibility index (Phi) is 15.4. The van der Waals surface area contributed by atoms with Crippen molar-refractivity contribution >= 4 is 32.9 Å². The Morgan fingerprint density at radius 3 is 0.760 bits per heavy atom. The monoisotopic (exact) mass is 458 g/mol. The molecular formula is C17H41CoN3Si4. The van der Waals surface area contributed by atoms with Crippen molar-refractivity contribution in [3.63, 3.8) is 0 Å². The van der Waals surface area contributed by atoms with Gasteiger partial charge in [-0.2, -0.15) is 0 Å². The minimum absolute atomic E-state index is 0. The fraction of sp³-hybridized carbons (Fsp3) is 0.706. The number of pyridine rings is 1. The molecule has 0 fully saturated rings. The molecule has 25 heavy (non-hydrogen) atoms. The van der Waals surface area contributed by atoms with Gasteiger partial charge in [0.1, 0.15) is 0 Å². The van der Waals surface area contributed by atoms with Crippen LogP contribution >= 0.6 is 0 Å². The van der Waals surface area contributed by atoms with Crippen LogP contribution in [0, 0.1) is 0 Å². The van der Waals surface area contributed by atoms with Crippen LogP contribution in [-0.4, -0.2) is 37.9 Å². The Hall–Kier alpha value is 0.444. The number of hydrogen-bond acceptors (Lipinski definition) is 1. The summed E-state index contributed by atoms with van der Waals surface area (Å²) in [5, 5.41) is 0. The summed E-state index contributed by atoms with van der Waals surface area (Å²) in [5.74, 6) is 0. The first-order chi connectivity index (χ1) is 10.4. The van der Waals surface area contributed by atoms with Crippen molar-refractivity contribution in [1.29, 1.82) is 0 Å². The summed E-state index contributed by atoms with van der Waals surface area (Å²) < 4.78 is 9.64. The summed E-state index contributed by atoms with van der Waals surface area (Å²) in [6.45, 7) is 27.6. The third-order valence-corrected chi connectivity index (χ3v) is 12.6. The van der Waals surface area contributed by atoms with E-state index in [9.17, 15) is 0 Å². The Morgan fingerprint density at radius 1 is 0.480 bits per heavy atom. The van der Waals surface area contributed by atoms with E-state index in [1.54, 1.807) is 12.4 Å². The first-order valence-corrected chi connectivity index (χ1v) is 22.5. The zero-order valence-electron chi connectivity index (χ0n) is 18.6. The van der Waals surface area contributed by atoms with Crippen molar-refractivity contribution in [2.24, 2.45) is 0 Å². The maximum absolute atomic E-state index is 4.82. The van der Waals surface area contributed by atoms with E-state index in [2.05, 4.69) is 83.5 Å². The van der Waals surface area contributed by atoms with Gasteiger partial charge < -0.3 is 9.30 Å². The summed E-state index contributed by atoms with van der Waals surface area (Å²) in [6, 6.07) is 5.72. The second-order valence-corrected chi connectivity index (χ2v) is 29.1. The van der Waals surface area contributed by atoms with Crippen molar-refractivity contribution in [2.75, 3.05) is 0 Å². The predicted octanol–water partition coefficient (Wildman–Crippen LogP) is 7.14. The van der Waals surface area contributed by atoms with Gasteiger partial charge in [-0.3, -0.25) is 4.98 Å². The SMILES string of the molecule is C[Si](C)(C)[N-][Si](C)(C)C.C[Si](C)(C)[N-][Si](C)(C)C.[Co+2].c1ccncc1. The van der Waals surface area contributed by atoms with E-state index in [1.165, 1.54) is 0 Å². The zero-order valence-corrected chi connectivity index (χ0v) is 23.6. The molecule has 1 aromatic heterocycles. The van der Waals surface area contributed by atoms with Gasteiger partial charge in [0.05, 0.1) is 0 Å². The molecule has 0 aliphatic carbocycles. The molecule has 0 aliphatic heterocycles. The second kappa shape index (κ2) is 12.8. The standard InChI is InChI=1S/2C6H18NSi2.C5H5N.Co/c2*1-8(2,3)7-9(4,5)6;1-2-4-6-5-3-1;/h2*1-6H3;1-5H;/q2*-1;;+2. The van der Waals surface area contributed by atoms with Crippen LogP contribution < -0.4 is 0 Å². The normalized spacial score (nSPS) is 12.0. The smallest absolute Gasteiger partial charge is 0.668 e. The molecule has 1 heterocycles. The maximum atomic E-state index is 4.82. The molecule has 0 spiro atoms. The van der Waals surface area contributed by atoms with Gasteiger partial charge in [-0.25, -0.2) is 0 Å². The van der Waals surface area contributed by atoms with Gasteiger partial charge in [-0.05, 0) is 12.1 Å². The molecule has 0 aromatic carbocycles. The van der Waals surface area contributed by atoms with E-state index in [1.807, 2.05) is 18.2 Å². The van der Waals surface area contributed by atoms with Crippen molar-refractivity contribution in [3.8, 4) is 0 Å². The van der Waals surface area contributed by atoms with E-state index < -0.39 is 32.9 Å². The van der Waals surface area contributed by atoms with Crippen LogP contribution in [0.2, 0.25) is 78.6 Å². The van der Waals surface area contributed by atoms with E-state index in [0.717, 1.165) is 0 Å². The quantitative estimate of drug-likeness (QED) is 0.442. The topological polar surface area (TPSA) is 41.1 Å². The van der Waals surface area contributed by atoms with Gasteiger partial charge in [0.15, 0.2) is 0 Å². The fourth-order valence-electron chi connectivity index (χ4n) is 2.33. The first kappa shape index (κ1) is 30.2. The number of aromatic nitrogens is 1. The Bertz CT molecular complexity index is 342. The molecule has 1 aromatic rings. The van der Waals surface area contributed by atoms with Gasteiger partial charge >= 0.3 is 16.8 Å². The molecule has 0 aliphatic rings. The Labute approximate surface area is 172 Å². The maximum Gasteiger partial charge on any atom is 2.00 e. The fourth-order valence-corrected chi connectivity index (χ4v) is 18.4. The molecule has 0 bridgehead atoms. The van der Waals surface area contributed by atoms with Crippen molar-refractivity contribution in [2.45, 2.75) is 78.6 Å². The Balaban J connectivity index is -0.000000289. The molecule has 0 amide bonds. The average Bonchev–Trinajstić information content (AvgIpc) is 2.22. The van der Waals surface area contributed by atoms with Crippen LogP contribution in [0.5, 0.6) is 0 Å². The summed E-state index contributed by atoms with van der Waals surface area (Å²) in [5.41, 5.74) is 0. The molecule has 8 heteroatoms. The van der Waals surface area contributed by atoms with Crippen molar-refractivity contribution in [1.82, 2.24) is 4.98 Å². The van der Waals surface area contributed by atoms with Gasteiger partial charge in [-0.15, -0.1) is 0 Å². The minimum atomic E-state index is -1.11. The van der Waals surface area contributed by atoms with E-state index in [4.69, 9.17) is 9.30 Å². The molecule has 1 rings (SSSR count). The van der Waals surface area contributed by atoms with Crippen LogP contribution in [0.15, 0.2) is 30.6 Å². The molecular weight excluding hydrogens is 417 g/mol. The average molecular weight is 459 g/mol.